The summed E-state index contributed by atoms with van der Waals surface area (Å²) < 4.78 is 0. The zero-order valence-corrected chi connectivity index (χ0v) is 11.4. The van der Waals surface area contributed by atoms with Crippen molar-refractivity contribution >= 4 is 28.1 Å². The molecule has 6 heteroatoms. The number of aromatic nitrogens is 2. The van der Waals surface area contributed by atoms with Crippen LogP contribution >= 0.6 is 11.3 Å². The van der Waals surface area contributed by atoms with Crippen LogP contribution in [0.5, 0.6) is 0 Å². The molecule has 2 aromatic rings. The second-order valence-electron chi connectivity index (χ2n) is 4.64. The molecule has 0 spiro atoms. The molecule has 0 aliphatic carbocycles. The molecule has 0 radical (unpaired) electrons. The van der Waals surface area contributed by atoms with E-state index in [2.05, 4.69) is 23.2 Å². The van der Waals surface area contributed by atoms with Gasteiger partial charge in [0.2, 0.25) is 10.1 Å². The van der Waals surface area contributed by atoms with Crippen LogP contribution < -0.4 is 10.6 Å². The third-order valence-electron chi connectivity index (χ3n) is 3.37. The molecule has 19 heavy (non-hydrogen) atoms. The van der Waals surface area contributed by atoms with Gasteiger partial charge >= 0.3 is 0 Å². The lowest BCUT2D eigenvalue weighted by Gasteiger charge is -2.34. The molecule has 98 valence electrons. The van der Waals surface area contributed by atoms with Crippen molar-refractivity contribution in [2.45, 2.75) is 25.8 Å². The molecule has 5 nitrogen and oxygen atoms in total. The highest BCUT2D eigenvalue weighted by molar-refractivity contribution is 7.17. The number of hydrogen-bond donors (Lipinski definition) is 1. The molecule has 0 saturated heterocycles. The standard InChI is InChI=1S/C13H14N4OS/c1-8-6-7-9-4-2-3-5-10(9)17(8)12(18)11-15-16-13(14)19-11/h2-5,8H,6-7H2,1H3,(H2,14,16). The second-order valence-corrected chi connectivity index (χ2v) is 5.65. The minimum absolute atomic E-state index is 0.117. The summed E-state index contributed by atoms with van der Waals surface area (Å²) in [5, 5.41) is 8.23. The Morgan fingerprint density at radius 1 is 1.42 bits per heavy atom. The Balaban J connectivity index is 2.02. The molecule has 3 rings (SSSR count). The quantitative estimate of drug-likeness (QED) is 0.864. The molecule has 2 heterocycles. The second kappa shape index (κ2) is 4.62. The molecule has 1 aliphatic heterocycles. The first-order valence-corrected chi connectivity index (χ1v) is 6.99. The zero-order valence-electron chi connectivity index (χ0n) is 10.5. The molecule has 0 bridgehead atoms. The maximum absolute atomic E-state index is 12.6. The van der Waals surface area contributed by atoms with Crippen molar-refractivity contribution in [1.82, 2.24) is 10.2 Å². The molecular formula is C13H14N4OS. The van der Waals surface area contributed by atoms with Crippen molar-refractivity contribution in [1.29, 1.82) is 0 Å². The van der Waals surface area contributed by atoms with Crippen LogP contribution in [0.1, 0.15) is 28.7 Å². The lowest BCUT2D eigenvalue weighted by molar-refractivity contribution is 0.0974. The van der Waals surface area contributed by atoms with E-state index in [9.17, 15) is 4.79 Å². The maximum Gasteiger partial charge on any atom is 0.289 e. The van der Waals surface area contributed by atoms with Crippen LogP contribution in [0.15, 0.2) is 24.3 Å². The number of benzene rings is 1. The third kappa shape index (κ3) is 2.08. The number of rotatable bonds is 1. The number of para-hydroxylation sites is 1. The van der Waals surface area contributed by atoms with Gasteiger partial charge in [-0.25, -0.2) is 0 Å². The third-order valence-corrected chi connectivity index (χ3v) is 4.11. The fourth-order valence-electron chi connectivity index (χ4n) is 2.42. The number of carbonyl (C=O) groups is 1. The molecule has 0 saturated carbocycles. The van der Waals surface area contributed by atoms with E-state index in [1.165, 1.54) is 5.56 Å². The van der Waals surface area contributed by atoms with Crippen LogP contribution in [0.2, 0.25) is 0 Å². The van der Waals surface area contributed by atoms with Crippen molar-refractivity contribution in [3.05, 3.63) is 34.8 Å². The van der Waals surface area contributed by atoms with Gasteiger partial charge < -0.3 is 10.6 Å². The zero-order chi connectivity index (χ0) is 13.4. The van der Waals surface area contributed by atoms with E-state index < -0.39 is 0 Å². The molecule has 1 atom stereocenters. The smallest absolute Gasteiger partial charge is 0.289 e. The minimum Gasteiger partial charge on any atom is -0.374 e. The maximum atomic E-state index is 12.6. The van der Waals surface area contributed by atoms with Gasteiger partial charge in [0, 0.05) is 11.7 Å². The molecule has 1 aromatic carbocycles. The normalized spacial score (nSPS) is 18.2. The first-order valence-electron chi connectivity index (χ1n) is 6.17. The molecule has 1 aliphatic rings. The highest BCUT2D eigenvalue weighted by atomic mass is 32.1. The predicted octanol–water partition coefficient (Wildman–Crippen LogP) is 2.10. The molecular weight excluding hydrogens is 260 g/mol. The van der Waals surface area contributed by atoms with Gasteiger partial charge in [-0.1, -0.05) is 29.5 Å². The topological polar surface area (TPSA) is 72.1 Å². The number of amides is 1. The number of nitrogens with two attached hydrogens (primary N) is 1. The summed E-state index contributed by atoms with van der Waals surface area (Å²) in [4.78, 5) is 14.4. The first kappa shape index (κ1) is 12.1. The number of aryl methyl sites for hydroxylation is 1. The van der Waals surface area contributed by atoms with Crippen LogP contribution in [0.4, 0.5) is 10.8 Å². The van der Waals surface area contributed by atoms with Gasteiger partial charge in [0.05, 0.1) is 0 Å². The van der Waals surface area contributed by atoms with Crippen LogP contribution in [-0.2, 0) is 6.42 Å². The Hall–Kier alpha value is -1.95. The minimum atomic E-state index is -0.117. The Morgan fingerprint density at radius 3 is 2.95 bits per heavy atom. The number of anilines is 2. The monoisotopic (exact) mass is 274 g/mol. The number of nitrogens with zero attached hydrogens (tertiary/aromatic N) is 3. The largest absolute Gasteiger partial charge is 0.374 e. The van der Waals surface area contributed by atoms with E-state index in [1.54, 1.807) is 4.90 Å². The van der Waals surface area contributed by atoms with Gasteiger partial charge in [-0.05, 0) is 31.4 Å². The van der Waals surface area contributed by atoms with Crippen LogP contribution in [0, 0.1) is 0 Å². The summed E-state index contributed by atoms with van der Waals surface area (Å²) in [6, 6.07) is 8.16. The van der Waals surface area contributed by atoms with Crippen molar-refractivity contribution in [3.63, 3.8) is 0 Å². The van der Waals surface area contributed by atoms with Gasteiger partial charge in [0.25, 0.3) is 5.91 Å². The van der Waals surface area contributed by atoms with Gasteiger partial charge in [-0.2, -0.15) is 0 Å². The van der Waals surface area contributed by atoms with Crippen molar-refractivity contribution < 1.29 is 4.79 Å². The van der Waals surface area contributed by atoms with Gasteiger partial charge in [0.15, 0.2) is 0 Å². The van der Waals surface area contributed by atoms with Gasteiger partial charge in [-0.15, -0.1) is 10.2 Å². The van der Waals surface area contributed by atoms with Crippen molar-refractivity contribution in [2.75, 3.05) is 10.6 Å². The first-order chi connectivity index (χ1) is 9.16. The Kier molecular flexibility index (Phi) is 2.94. The van der Waals surface area contributed by atoms with E-state index in [1.807, 2.05) is 18.2 Å². The van der Waals surface area contributed by atoms with Crippen LogP contribution in [0.25, 0.3) is 0 Å². The highest BCUT2D eigenvalue weighted by Gasteiger charge is 2.30. The summed E-state index contributed by atoms with van der Waals surface area (Å²) >= 11 is 1.13. The molecule has 1 unspecified atom stereocenters. The van der Waals surface area contributed by atoms with E-state index in [0.717, 1.165) is 29.9 Å². The lowest BCUT2D eigenvalue weighted by atomic mass is 9.96. The molecule has 1 aromatic heterocycles. The highest BCUT2D eigenvalue weighted by Crippen LogP contribution is 2.32. The summed E-state index contributed by atoms with van der Waals surface area (Å²) in [7, 11) is 0. The average molecular weight is 274 g/mol. The Bertz CT molecular complexity index is 625. The van der Waals surface area contributed by atoms with Crippen LogP contribution in [-0.4, -0.2) is 22.1 Å². The molecule has 0 fully saturated rings. The van der Waals surface area contributed by atoms with Crippen molar-refractivity contribution in [2.24, 2.45) is 0 Å². The molecule has 2 N–H and O–H groups in total. The number of hydrogen-bond acceptors (Lipinski definition) is 5. The number of nitrogen functional groups attached to an aromatic ring is 1. The fraction of sp³-hybridized carbons (Fsp3) is 0.308. The number of carbonyl (C=O) groups excluding carboxylic acids is 1. The van der Waals surface area contributed by atoms with Crippen LogP contribution in [0.3, 0.4) is 0 Å². The van der Waals surface area contributed by atoms with Gasteiger partial charge in [0.1, 0.15) is 0 Å². The summed E-state index contributed by atoms with van der Waals surface area (Å²) in [5.41, 5.74) is 7.72. The lowest BCUT2D eigenvalue weighted by Crippen LogP contribution is -2.42. The fourth-order valence-corrected chi connectivity index (χ4v) is 2.97. The van der Waals surface area contributed by atoms with E-state index in [-0.39, 0.29) is 11.9 Å². The molecule has 1 amide bonds. The van der Waals surface area contributed by atoms with Gasteiger partial charge in [-0.3, -0.25) is 4.79 Å². The summed E-state index contributed by atoms with van der Waals surface area (Å²) in [6.07, 6.45) is 1.95. The van der Waals surface area contributed by atoms with E-state index >= 15 is 0 Å². The number of fused-ring (bicyclic) bond motifs is 1. The van der Waals surface area contributed by atoms with E-state index in [0.29, 0.717) is 10.1 Å². The summed E-state index contributed by atoms with van der Waals surface area (Å²) in [5.74, 6) is -0.117. The Morgan fingerprint density at radius 2 is 2.21 bits per heavy atom. The average Bonchev–Trinajstić information content (AvgIpc) is 2.85. The van der Waals surface area contributed by atoms with E-state index in [4.69, 9.17) is 5.73 Å². The SMILES string of the molecule is CC1CCc2ccccc2N1C(=O)c1nnc(N)s1. The summed E-state index contributed by atoms with van der Waals surface area (Å²) in [6.45, 7) is 2.05. The van der Waals surface area contributed by atoms with Crippen molar-refractivity contribution in [3.8, 4) is 0 Å². The predicted molar refractivity (Wildman–Crippen MR) is 75.4 cm³/mol. The Labute approximate surface area is 115 Å².